The van der Waals surface area contributed by atoms with Crippen molar-refractivity contribution in [3.63, 3.8) is 0 Å². The summed E-state index contributed by atoms with van der Waals surface area (Å²) in [6, 6.07) is 17.5. The van der Waals surface area contributed by atoms with Crippen LogP contribution in [0.2, 0.25) is 0 Å². The van der Waals surface area contributed by atoms with Gasteiger partial charge in [0.1, 0.15) is 11.5 Å². The Bertz CT molecular complexity index is 969. The first-order chi connectivity index (χ1) is 14.1. The normalized spacial score (nSPS) is 11.4. The number of hydrogen-bond acceptors (Lipinski definition) is 6. The van der Waals surface area contributed by atoms with Gasteiger partial charge in [-0.25, -0.2) is 4.79 Å². The molecule has 0 radical (unpaired) electrons. The Hall–Kier alpha value is -3.74. The molecule has 2 N–H and O–H groups in total. The molecular weight excluding hydrogens is 372 g/mol. The van der Waals surface area contributed by atoms with Gasteiger partial charge in [-0.15, -0.1) is 0 Å². The first-order valence-corrected chi connectivity index (χ1v) is 9.08. The highest BCUT2D eigenvalue weighted by atomic mass is 16.5. The average molecular weight is 394 g/mol. The molecule has 1 atom stereocenters. The number of nitrogens with one attached hydrogen (secondary N) is 2. The molecule has 0 fully saturated rings. The van der Waals surface area contributed by atoms with Crippen LogP contribution in [0.4, 0.5) is 11.4 Å². The summed E-state index contributed by atoms with van der Waals surface area (Å²) < 4.78 is 15.8. The molecule has 7 nitrogen and oxygen atoms in total. The van der Waals surface area contributed by atoms with Gasteiger partial charge in [0.2, 0.25) is 0 Å². The van der Waals surface area contributed by atoms with Crippen molar-refractivity contribution in [1.82, 2.24) is 0 Å². The van der Waals surface area contributed by atoms with E-state index in [-0.39, 0.29) is 0 Å². The molecule has 0 spiro atoms. The Labute approximate surface area is 168 Å². The van der Waals surface area contributed by atoms with Crippen LogP contribution in [0.3, 0.4) is 0 Å². The van der Waals surface area contributed by atoms with Gasteiger partial charge in [0.05, 0.1) is 25.5 Å². The topological polar surface area (TPSA) is 89.8 Å². The van der Waals surface area contributed by atoms with E-state index in [4.69, 9.17) is 13.9 Å². The summed E-state index contributed by atoms with van der Waals surface area (Å²) in [6.45, 7) is 1.94. The molecule has 0 bridgehead atoms. The number of rotatable bonds is 8. The van der Waals surface area contributed by atoms with Crippen LogP contribution in [0.15, 0.2) is 71.3 Å². The van der Waals surface area contributed by atoms with Gasteiger partial charge in [-0.3, -0.25) is 4.79 Å². The fourth-order valence-electron chi connectivity index (χ4n) is 2.63. The Morgan fingerprint density at radius 3 is 2.66 bits per heavy atom. The fourth-order valence-corrected chi connectivity index (χ4v) is 2.63. The van der Waals surface area contributed by atoms with Crippen molar-refractivity contribution >= 4 is 23.3 Å². The van der Waals surface area contributed by atoms with Crippen LogP contribution >= 0.6 is 0 Å². The number of hydrogen-bond donors (Lipinski definition) is 2. The third kappa shape index (κ3) is 5.38. The van der Waals surface area contributed by atoms with Crippen LogP contribution in [0.25, 0.3) is 0 Å². The Balaban J connectivity index is 1.62. The summed E-state index contributed by atoms with van der Waals surface area (Å²) in [5.41, 5.74) is 1.48. The molecule has 0 aliphatic carbocycles. The molecule has 1 aromatic heterocycles. The van der Waals surface area contributed by atoms with Crippen molar-refractivity contribution in [3.05, 3.63) is 78.3 Å². The first kappa shape index (κ1) is 20.0. The smallest absolute Gasteiger partial charge is 0.341 e. The number of carbonyl (C=O) groups is 2. The van der Waals surface area contributed by atoms with E-state index in [0.29, 0.717) is 29.2 Å². The molecular formula is C22H22N2O5. The quantitative estimate of drug-likeness (QED) is 0.560. The highest BCUT2D eigenvalue weighted by molar-refractivity contribution is 5.99. The maximum absolute atomic E-state index is 12.6. The maximum atomic E-state index is 12.6. The van der Waals surface area contributed by atoms with Crippen molar-refractivity contribution in [3.8, 4) is 5.75 Å². The minimum absolute atomic E-state index is 0.333. The second kappa shape index (κ2) is 9.45. The van der Waals surface area contributed by atoms with Gasteiger partial charge >= 0.3 is 5.97 Å². The molecule has 0 saturated heterocycles. The Morgan fingerprint density at radius 2 is 1.90 bits per heavy atom. The van der Waals surface area contributed by atoms with Gasteiger partial charge in [0, 0.05) is 17.4 Å². The van der Waals surface area contributed by atoms with E-state index in [1.54, 1.807) is 68.0 Å². The third-order valence-corrected chi connectivity index (χ3v) is 4.17. The zero-order chi connectivity index (χ0) is 20.6. The van der Waals surface area contributed by atoms with Gasteiger partial charge in [0.15, 0.2) is 6.10 Å². The zero-order valence-electron chi connectivity index (χ0n) is 16.2. The molecule has 1 amide bonds. The van der Waals surface area contributed by atoms with E-state index in [0.717, 1.165) is 5.76 Å². The monoisotopic (exact) mass is 394 g/mol. The molecule has 0 saturated carbocycles. The van der Waals surface area contributed by atoms with Crippen molar-refractivity contribution < 1.29 is 23.5 Å². The van der Waals surface area contributed by atoms with Crippen LogP contribution in [-0.2, 0) is 16.1 Å². The van der Waals surface area contributed by atoms with Crippen LogP contribution in [0, 0.1) is 0 Å². The summed E-state index contributed by atoms with van der Waals surface area (Å²) in [4.78, 5) is 25.0. The molecule has 29 heavy (non-hydrogen) atoms. The van der Waals surface area contributed by atoms with Crippen LogP contribution in [0.1, 0.15) is 23.0 Å². The summed E-state index contributed by atoms with van der Waals surface area (Å²) in [6.07, 6.45) is 0.603. The number of esters is 1. The van der Waals surface area contributed by atoms with Crippen molar-refractivity contribution in [2.75, 3.05) is 17.7 Å². The molecule has 3 aromatic rings. The SMILES string of the molecule is COc1cccc(NC(=O)[C@H](C)OC(=O)c2ccccc2NCc2ccco2)c1. The van der Waals surface area contributed by atoms with Gasteiger partial charge in [-0.2, -0.15) is 0 Å². The van der Waals surface area contributed by atoms with Crippen molar-refractivity contribution in [2.24, 2.45) is 0 Å². The lowest BCUT2D eigenvalue weighted by molar-refractivity contribution is -0.123. The summed E-state index contributed by atoms with van der Waals surface area (Å²) in [5, 5.41) is 5.85. The van der Waals surface area contributed by atoms with Gasteiger partial charge in [-0.1, -0.05) is 18.2 Å². The number of para-hydroxylation sites is 1. The van der Waals surface area contributed by atoms with Crippen LogP contribution in [0.5, 0.6) is 5.75 Å². The summed E-state index contributed by atoms with van der Waals surface area (Å²) >= 11 is 0. The van der Waals surface area contributed by atoms with Crippen molar-refractivity contribution in [2.45, 2.75) is 19.6 Å². The molecule has 0 aliphatic rings. The van der Waals surface area contributed by atoms with E-state index in [9.17, 15) is 9.59 Å². The molecule has 0 unspecified atom stereocenters. The zero-order valence-corrected chi connectivity index (χ0v) is 16.2. The van der Waals surface area contributed by atoms with Crippen LogP contribution in [-0.4, -0.2) is 25.1 Å². The molecule has 2 aromatic carbocycles. The predicted molar refractivity (Wildman–Crippen MR) is 109 cm³/mol. The minimum atomic E-state index is -0.980. The number of anilines is 2. The number of ether oxygens (including phenoxy) is 2. The lowest BCUT2D eigenvalue weighted by Gasteiger charge is -2.16. The van der Waals surface area contributed by atoms with Crippen molar-refractivity contribution in [1.29, 1.82) is 0 Å². The Morgan fingerprint density at radius 1 is 1.07 bits per heavy atom. The van der Waals surface area contributed by atoms with E-state index in [1.807, 2.05) is 6.07 Å². The molecule has 0 aliphatic heterocycles. The second-order valence-corrected chi connectivity index (χ2v) is 6.25. The van der Waals surface area contributed by atoms with Gasteiger partial charge in [-0.05, 0) is 43.3 Å². The molecule has 150 valence electrons. The summed E-state index contributed by atoms with van der Waals surface area (Å²) in [5.74, 6) is 0.316. The van der Waals surface area contributed by atoms with Gasteiger partial charge < -0.3 is 24.5 Å². The first-order valence-electron chi connectivity index (χ1n) is 9.08. The summed E-state index contributed by atoms with van der Waals surface area (Å²) in [7, 11) is 1.54. The highest BCUT2D eigenvalue weighted by Gasteiger charge is 2.21. The molecule has 1 heterocycles. The number of benzene rings is 2. The van der Waals surface area contributed by atoms with Gasteiger partial charge in [0.25, 0.3) is 5.91 Å². The molecule has 7 heteroatoms. The van der Waals surface area contributed by atoms with E-state index < -0.39 is 18.0 Å². The Kier molecular flexibility index (Phi) is 6.52. The number of amides is 1. The van der Waals surface area contributed by atoms with E-state index in [1.165, 1.54) is 6.92 Å². The predicted octanol–water partition coefficient (Wildman–Crippen LogP) is 4.08. The second-order valence-electron chi connectivity index (χ2n) is 6.25. The van der Waals surface area contributed by atoms with Crippen LogP contribution < -0.4 is 15.4 Å². The standard InChI is InChI=1S/C22H22N2O5/c1-15(21(25)24-16-7-5-8-17(13-16)27-2)29-22(26)19-10-3-4-11-20(19)23-14-18-9-6-12-28-18/h3-13,15,23H,14H2,1-2H3,(H,24,25)/t15-/m0/s1. The maximum Gasteiger partial charge on any atom is 0.341 e. The number of methoxy groups -OCH3 is 1. The third-order valence-electron chi connectivity index (χ3n) is 4.17. The lowest BCUT2D eigenvalue weighted by Crippen LogP contribution is -2.30. The van der Waals surface area contributed by atoms with E-state index in [2.05, 4.69) is 10.6 Å². The van der Waals surface area contributed by atoms with E-state index >= 15 is 0 Å². The minimum Gasteiger partial charge on any atom is -0.497 e. The number of furan rings is 1. The highest BCUT2D eigenvalue weighted by Crippen LogP contribution is 2.20. The fraction of sp³-hybridized carbons (Fsp3) is 0.182. The number of carbonyl (C=O) groups excluding carboxylic acids is 2. The average Bonchev–Trinajstić information content (AvgIpc) is 3.26. The largest absolute Gasteiger partial charge is 0.497 e. The molecule has 3 rings (SSSR count). The lowest BCUT2D eigenvalue weighted by atomic mass is 10.1.